The van der Waals surface area contributed by atoms with E-state index in [9.17, 15) is 0 Å². The van der Waals surface area contributed by atoms with Gasteiger partial charge in [0.15, 0.2) is 5.96 Å². The summed E-state index contributed by atoms with van der Waals surface area (Å²) >= 11 is 1.76. The molecule has 2 N–H and O–H groups in total. The van der Waals surface area contributed by atoms with E-state index in [-0.39, 0.29) is 24.0 Å². The van der Waals surface area contributed by atoms with E-state index in [2.05, 4.69) is 44.7 Å². The van der Waals surface area contributed by atoms with Gasteiger partial charge in [-0.05, 0) is 46.1 Å². The fourth-order valence-corrected chi connectivity index (χ4v) is 3.98. The average Bonchev–Trinajstić information content (AvgIpc) is 3.00. The first-order valence-electron chi connectivity index (χ1n) is 9.28. The minimum Gasteiger partial charge on any atom is -0.356 e. The van der Waals surface area contributed by atoms with E-state index in [0.717, 1.165) is 43.6 Å². The minimum atomic E-state index is 0. The summed E-state index contributed by atoms with van der Waals surface area (Å²) in [6.07, 6.45) is 7.40. The van der Waals surface area contributed by atoms with Gasteiger partial charge in [0.25, 0.3) is 0 Å². The predicted octanol–water partition coefficient (Wildman–Crippen LogP) is 3.43. The highest BCUT2D eigenvalue weighted by Gasteiger charge is 2.17. The minimum absolute atomic E-state index is 0. The normalized spacial score (nSPS) is 18.7. The van der Waals surface area contributed by atoms with Crippen molar-refractivity contribution in [3.63, 3.8) is 0 Å². The number of piperidine rings is 1. The maximum Gasteiger partial charge on any atom is 0.190 e. The SMILES string of the molecule is CN=C(NCCCc1nc(C)cs1)NCCCN1CCCCC1C.I. The van der Waals surface area contributed by atoms with Crippen molar-refractivity contribution in [2.75, 3.05) is 33.2 Å². The van der Waals surface area contributed by atoms with Crippen LogP contribution in [-0.2, 0) is 6.42 Å². The summed E-state index contributed by atoms with van der Waals surface area (Å²) in [6, 6.07) is 0.755. The number of aliphatic imine (C=N–C) groups is 1. The largest absolute Gasteiger partial charge is 0.356 e. The summed E-state index contributed by atoms with van der Waals surface area (Å²) in [7, 11) is 1.84. The molecule has 0 aromatic carbocycles. The molecule has 1 aromatic rings. The summed E-state index contributed by atoms with van der Waals surface area (Å²) in [5.41, 5.74) is 1.13. The molecular weight excluding hydrogens is 445 g/mol. The molecule has 0 saturated carbocycles. The predicted molar refractivity (Wildman–Crippen MR) is 119 cm³/mol. The number of likely N-dealkylation sites (tertiary alicyclic amines) is 1. The van der Waals surface area contributed by atoms with Crippen molar-refractivity contribution in [2.24, 2.45) is 4.99 Å². The highest BCUT2D eigenvalue weighted by atomic mass is 127. The van der Waals surface area contributed by atoms with Gasteiger partial charge >= 0.3 is 0 Å². The molecule has 0 bridgehead atoms. The van der Waals surface area contributed by atoms with Gasteiger partial charge < -0.3 is 15.5 Å². The second kappa shape index (κ2) is 12.9. The Hall–Kier alpha value is -0.410. The van der Waals surface area contributed by atoms with E-state index < -0.39 is 0 Å². The van der Waals surface area contributed by atoms with Crippen molar-refractivity contribution in [3.05, 3.63) is 16.1 Å². The molecule has 0 aliphatic carbocycles. The molecule has 1 aromatic heterocycles. The zero-order valence-electron chi connectivity index (χ0n) is 15.9. The molecule has 2 heterocycles. The molecule has 5 nitrogen and oxygen atoms in total. The number of guanidine groups is 1. The standard InChI is InChI=1S/C18H33N5S.HI/c1-15-14-24-17(22-15)9-6-10-20-18(19-3)21-11-7-13-23-12-5-4-8-16(23)2;/h14,16H,4-13H2,1-3H3,(H2,19,20,21);1H. The van der Waals surface area contributed by atoms with Crippen molar-refractivity contribution in [2.45, 2.75) is 58.4 Å². The Morgan fingerprint density at radius 2 is 2.08 bits per heavy atom. The van der Waals surface area contributed by atoms with Gasteiger partial charge in [-0.15, -0.1) is 35.3 Å². The zero-order valence-corrected chi connectivity index (χ0v) is 19.0. The monoisotopic (exact) mass is 479 g/mol. The number of rotatable bonds is 8. The van der Waals surface area contributed by atoms with Gasteiger partial charge in [0.2, 0.25) is 0 Å². The fraction of sp³-hybridized carbons (Fsp3) is 0.778. The van der Waals surface area contributed by atoms with Gasteiger partial charge in [-0.25, -0.2) is 4.98 Å². The fourth-order valence-electron chi connectivity index (χ4n) is 3.16. The lowest BCUT2D eigenvalue weighted by Crippen LogP contribution is -2.41. The molecule has 25 heavy (non-hydrogen) atoms. The highest BCUT2D eigenvalue weighted by Crippen LogP contribution is 2.16. The third kappa shape index (κ3) is 8.68. The molecule has 144 valence electrons. The van der Waals surface area contributed by atoms with E-state index in [1.165, 1.54) is 43.8 Å². The smallest absolute Gasteiger partial charge is 0.190 e. The number of nitrogens with zero attached hydrogens (tertiary/aromatic N) is 3. The maximum absolute atomic E-state index is 4.50. The Balaban J connectivity index is 0.00000312. The first-order chi connectivity index (χ1) is 11.7. The van der Waals surface area contributed by atoms with E-state index in [1.54, 1.807) is 11.3 Å². The Bertz CT molecular complexity index is 505. The van der Waals surface area contributed by atoms with Crippen LogP contribution in [0.1, 0.15) is 49.7 Å². The van der Waals surface area contributed by atoms with Crippen LogP contribution >= 0.6 is 35.3 Å². The molecular formula is C18H34IN5S. The summed E-state index contributed by atoms with van der Waals surface area (Å²) in [6.45, 7) is 8.78. The number of nitrogens with one attached hydrogen (secondary N) is 2. The molecule has 0 radical (unpaired) electrons. The number of hydrogen-bond acceptors (Lipinski definition) is 4. The van der Waals surface area contributed by atoms with Crippen LogP contribution in [0.25, 0.3) is 0 Å². The van der Waals surface area contributed by atoms with Crippen LogP contribution in [0.5, 0.6) is 0 Å². The summed E-state index contributed by atoms with van der Waals surface area (Å²) in [5.74, 6) is 0.914. The number of thiazole rings is 1. The van der Waals surface area contributed by atoms with E-state index >= 15 is 0 Å². The van der Waals surface area contributed by atoms with Crippen molar-refractivity contribution >= 4 is 41.3 Å². The number of aromatic nitrogens is 1. The van der Waals surface area contributed by atoms with E-state index in [0.29, 0.717) is 0 Å². The molecule has 1 aliphatic heterocycles. The maximum atomic E-state index is 4.50. The lowest BCUT2D eigenvalue weighted by molar-refractivity contribution is 0.159. The molecule has 7 heteroatoms. The number of halogens is 1. The van der Waals surface area contributed by atoms with Crippen molar-refractivity contribution in [1.82, 2.24) is 20.5 Å². The van der Waals surface area contributed by atoms with Crippen LogP contribution in [-0.4, -0.2) is 55.1 Å². The topological polar surface area (TPSA) is 52.6 Å². The number of aryl methyl sites for hydroxylation is 2. The quantitative estimate of drug-likeness (QED) is 0.260. The van der Waals surface area contributed by atoms with Crippen LogP contribution in [0.2, 0.25) is 0 Å². The molecule has 0 spiro atoms. The summed E-state index contributed by atoms with van der Waals surface area (Å²) in [5, 5.41) is 10.2. The van der Waals surface area contributed by atoms with Gasteiger partial charge in [0, 0.05) is 50.2 Å². The lowest BCUT2D eigenvalue weighted by atomic mass is 10.0. The van der Waals surface area contributed by atoms with E-state index in [4.69, 9.17) is 0 Å². The van der Waals surface area contributed by atoms with Gasteiger partial charge in [-0.1, -0.05) is 6.42 Å². The summed E-state index contributed by atoms with van der Waals surface area (Å²) in [4.78, 5) is 11.4. The van der Waals surface area contributed by atoms with Gasteiger partial charge in [-0.2, -0.15) is 0 Å². The van der Waals surface area contributed by atoms with Crippen LogP contribution in [0, 0.1) is 6.92 Å². The second-order valence-corrected chi connectivity index (χ2v) is 7.59. The van der Waals surface area contributed by atoms with Gasteiger partial charge in [0.05, 0.1) is 5.01 Å². The first kappa shape index (κ1) is 22.6. The Morgan fingerprint density at radius 1 is 1.32 bits per heavy atom. The Morgan fingerprint density at radius 3 is 2.72 bits per heavy atom. The number of hydrogen-bond donors (Lipinski definition) is 2. The van der Waals surface area contributed by atoms with Gasteiger partial charge in [-0.3, -0.25) is 4.99 Å². The lowest BCUT2D eigenvalue weighted by Gasteiger charge is -2.33. The third-order valence-electron chi connectivity index (χ3n) is 4.61. The average molecular weight is 479 g/mol. The molecule has 2 rings (SSSR count). The van der Waals surface area contributed by atoms with Crippen molar-refractivity contribution in [1.29, 1.82) is 0 Å². The zero-order chi connectivity index (χ0) is 17.2. The molecule has 1 aliphatic rings. The van der Waals surface area contributed by atoms with Crippen LogP contribution in [0.3, 0.4) is 0 Å². The third-order valence-corrected chi connectivity index (χ3v) is 5.63. The van der Waals surface area contributed by atoms with Crippen LogP contribution in [0.15, 0.2) is 10.4 Å². The molecule has 1 saturated heterocycles. The van der Waals surface area contributed by atoms with Crippen molar-refractivity contribution < 1.29 is 0 Å². The van der Waals surface area contributed by atoms with Gasteiger partial charge in [0.1, 0.15) is 0 Å². The Kier molecular flexibility index (Phi) is 11.6. The second-order valence-electron chi connectivity index (χ2n) is 6.65. The first-order valence-corrected chi connectivity index (χ1v) is 10.2. The molecule has 1 atom stereocenters. The highest BCUT2D eigenvalue weighted by molar-refractivity contribution is 14.0. The summed E-state index contributed by atoms with van der Waals surface area (Å²) < 4.78 is 0. The molecule has 0 amide bonds. The van der Waals surface area contributed by atoms with Crippen LogP contribution in [0.4, 0.5) is 0 Å². The molecule has 1 fully saturated rings. The molecule has 1 unspecified atom stereocenters. The van der Waals surface area contributed by atoms with Crippen LogP contribution < -0.4 is 10.6 Å². The van der Waals surface area contributed by atoms with E-state index in [1.807, 2.05) is 7.05 Å². The Labute approximate surface area is 174 Å². The van der Waals surface area contributed by atoms with Crippen molar-refractivity contribution in [3.8, 4) is 0 Å².